The fraction of sp³-hybridized carbons (Fsp3) is 0.533. The summed E-state index contributed by atoms with van der Waals surface area (Å²) < 4.78 is 26.3. The van der Waals surface area contributed by atoms with Gasteiger partial charge in [-0.25, -0.2) is 8.78 Å². The van der Waals surface area contributed by atoms with Gasteiger partial charge < -0.3 is 0 Å². The minimum atomic E-state index is -0.618. The van der Waals surface area contributed by atoms with Gasteiger partial charge >= 0.3 is 0 Å². The lowest BCUT2D eigenvalue weighted by Gasteiger charge is -2.34. The molecule has 0 saturated heterocycles. The molecule has 0 aliphatic heterocycles. The molecule has 1 N–H and O–H groups in total. The first-order chi connectivity index (χ1) is 8.85. The van der Waals surface area contributed by atoms with Crippen molar-refractivity contribution in [3.8, 4) is 0 Å². The van der Waals surface area contributed by atoms with E-state index in [1.807, 2.05) is 0 Å². The van der Waals surface area contributed by atoms with E-state index in [9.17, 15) is 8.78 Å². The lowest BCUT2D eigenvalue weighted by Crippen LogP contribution is -2.28. The predicted molar refractivity (Wildman–Crippen MR) is 74.2 cm³/mol. The molecule has 1 atom stereocenters. The molecule has 0 amide bonds. The molecule has 19 heavy (non-hydrogen) atoms. The average Bonchev–Trinajstić information content (AvgIpc) is 2.25. The maximum atomic E-state index is 13.5. The highest BCUT2D eigenvalue weighted by Gasteiger charge is 2.29. The minimum absolute atomic E-state index is 0.213. The van der Waals surface area contributed by atoms with E-state index >= 15 is 0 Å². The molecule has 1 fully saturated rings. The number of nitrogens with zero attached hydrogens (tertiary/aromatic N) is 1. The molecule has 1 unspecified atom stereocenters. The number of halogens is 2. The number of hydrazone groups is 1. The van der Waals surface area contributed by atoms with Gasteiger partial charge in [0, 0.05) is 11.8 Å². The van der Waals surface area contributed by atoms with Crippen LogP contribution in [0.3, 0.4) is 0 Å². The first-order valence-corrected chi connectivity index (χ1v) is 6.62. The quantitative estimate of drug-likeness (QED) is 0.778. The predicted octanol–water partition coefficient (Wildman–Crippen LogP) is 4.58. The lowest BCUT2D eigenvalue weighted by atomic mass is 9.72. The van der Waals surface area contributed by atoms with Crippen LogP contribution in [0.5, 0.6) is 0 Å². The lowest BCUT2D eigenvalue weighted by molar-refractivity contribution is 0.266. The van der Waals surface area contributed by atoms with Gasteiger partial charge in [-0.1, -0.05) is 20.8 Å². The van der Waals surface area contributed by atoms with Crippen molar-refractivity contribution in [2.24, 2.45) is 16.4 Å². The summed E-state index contributed by atoms with van der Waals surface area (Å²) in [5.41, 5.74) is 4.21. The van der Waals surface area contributed by atoms with E-state index in [0.717, 1.165) is 24.6 Å². The van der Waals surface area contributed by atoms with Crippen LogP contribution < -0.4 is 5.43 Å². The summed E-state index contributed by atoms with van der Waals surface area (Å²) in [4.78, 5) is 0. The van der Waals surface area contributed by atoms with E-state index in [1.165, 1.54) is 18.6 Å². The van der Waals surface area contributed by atoms with E-state index in [4.69, 9.17) is 0 Å². The Morgan fingerprint density at radius 1 is 1.32 bits per heavy atom. The average molecular weight is 266 g/mol. The molecule has 2 nitrogen and oxygen atoms in total. The van der Waals surface area contributed by atoms with Crippen LogP contribution in [-0.2, 0) is 0 Å². The smallest absolute Gasteiger partial charge is 0.151 e. The summed E-state index contributed by atoms with van der Waals surface area (Å²) >= 11 is 0. The van der Waals surface area contributed by atoms with Gasteiger partial charge in [0.1, 0.15) is 5.82 Å². The van der Waals surface area contributed by atoms with Crippen molar-refractivity contribution >= 4 is 11.4 Å². The normalized spacial score (nSPS) is 24.5. The van der Waals surface area contributed by atoms with Crippen molar-refractivity contribution in [2.45, 2.75) is 40.0 Å². The van der Waals surface area contributed by atoms with Crippen LogP contribution in [0.1, 0.15) is 40.0 Å². The molecular weight excluding hydrogens is 246 g/mol. The molecule has 1 aliphatic carbocycles. The van der Waals surface area contributed by atoms with Crippen molar-refractivity contribution in [3.63, 3.8) is 0 Å². The van der Waals surface area contributed by atoms with Gasteiger partial charge in [0.05, 0.1) is 5.69 Å². The Balaban J connectivity index is 2.09. The Morgan fingerprint density at radius 2 is 2.05 bits per heavy atom. The van der Waals surface area contributed by atoms with Gasteiger partial charge in [0.25, 0.3) is 0 Å². The Morgan fingerprint density at radius 3 is 2.68 bits per heavy atom. The fourth-order valence-corrected chi connectivity index (χ4v) is 2.92. The highest BCUT2D eigenvalue weighted by molar-refractivity contribution is 5.86. The van der Waals surface area contributed by atoms with Gasteiger partial charge in [-0.15, -0.1) is 0 Å². The third-order valence-electron chi connectivity index (χ3n) is 3.43. The second kappa shape index (κ2) is 5.27. The van der Waals surface area contributed by atoms with Crippen LogP contribution in [0, 0.1) is 23.0 Å². The summed E-state index contributed by atoms with van der Waals surface area (Å²) in [6, 6.07) is 3.45. The molecule has 1 aromatic rings. The van der Waals surface area contributed by atoms with Crippen molar-refractivity contribution < 1.29 is 8.78 Å². The molecule has 0 aromatic heterocycles. The van der Waals surface area contributed by atoms with Gasteiger partial charge in [-0.05, 0) is 42.7 Å². The molecule has 2 rings (SSSR count). The van der Waals surface area contributed by atoms with E-state index in [2.05, 4.69) is 31.3 Å². The highest BCUT2D eigenvalue weighted by Crippen LogP contribution is 2.37. The number of hydrogen-bond acceptors (Lipinski definition) is 2. The van der Waals surface area contributed by atoms with Crippen LogP contribution in [0.15, 0.2) is 23.3 Å². The summed E-state index contributed by atoms with van der Waals surface area (Å²) in [5, 5.41) is 4.29. The maximum Gasteiger partial charge on any atom is 0.151 e. The largest absolute Gasteiger partial charge is 0.276 e. The van der Waals surface area contributed by atoms with Crippen LogP contribution in [0.2, 0.25) is 0 Å². The molecule has 0 heterocycles. The topological polar surface area (TPSA) is 24.4 Å². The monoisotopic (exact) mass is 266 g/mol. The summed E-state index contributed by atoms with van der Waals surface area (Å²) in [6.45, 7) is 6.64. The van der Waals surface area contributed by atoms with E-state index < -0.39 is 11.6 Å². The van der Waals surface area contributed by atoms with E-state index in [-0.39, 0.29) is 11.1 Å². The second-order valence-electron chi connectivity index (χ2n) is 6.27. The maximum absolute atomic E-state index is 13.5. The molecule has 1 aliphatic rings. The summed E-state index contributed by atoms with van der Waals surface area (Å²) in [7, 11) is 0. The van der Waals surface area contributed by atoms with Crippen LogP contribution in [-0.4, -0.2) is 5.71 Å². The first kappa shape index (κ1) is 14.0. The number of benzene rings is 1. The van der Waals surface area contributed by atoms with Gasteiger partial charge in [-0.3, -0.25) is 5.43 Å². The van der Waals surface area contributed by atoms with Crippen molar-refractivity contribution in [3.05, 3.63) is 29.8 Å². The van der Waals surface area contributed by atoms with Crippen molar-refractivity contribution in [1.29, 1.82) is 0 Å². The summed E-state index contributed by atoms with van der Waals surface area (Å²) in [5.74, 6) is -0.613. The number of anilines is 1. The molecule has 4 heteroatoms. The molecule has 0 radical (unpaired) electrons. The number of rotatable bonds is 2. The molecule has 1 aromatic carbocycles. The van der Waals surface area contributed by atoms with Crippen molar-refractivity contribution in [1.82, 2.24) is 0 Å². The van der Waals surface area contributed by atoms with Crippen LogP contribution in [0.25, 0.3) is 0 Å². The second-order valence-corrected chi connectivity index (χ2v) is 6.27. The Bertz CT molecular complexity index is 495. The summed E-state index contributed by atoms with van der Waals surface area (Å²) in [6.07, 6.45) is 3.02. The SMILES string of the molecule is CC1C/C(=N\Nc2ccc(F)cc2F)CC(C)(C)C1. The molecule has 0 bridgehead atoms. The standard InChI is InChI=1S/C15H20F2N2/c1-10-6-12(9-15(2,3)8-10)18-19-14-5-4-11(16)7-13(14)17/h4-5,7,10,19H,6,8-9H2,1-3H3/b18-12+. The number of hydrogen-bond donors (Lipinski definition) is 1. The Kier molecular flexibility index (Phi) is 3.88. The first-order valence-electron chi connectivity index (χ1n) is 6.62. The van der Waals surface area contributed by atoms with Gasteiger partial charge in [0.2, 0.25) is 0 Å². The third kappa shape index (κ3) is 3.75. The Hall–Kier alpha value is -1.45. The molecular formula is C15H20F2N2. The minimum Gasteiger partial charge on any atom is -0.276 e. The Labute approximate surface area is 112 Å². The number of nitrogens with one attached hydrogen (secondary N) is 1. The van der Waals surface area contributed by atoms with Gasteiger partial charge in [-0.2, -0.15) is 5.10 Å². The van der Waals surface area contributed by atoms with E-state index in [0.29, 0.717) is 5.92 Å². The zero-order valence-corrected chi connectivity index (χ0v) is 11.6. The molecule has 104 valence electrons. The van der Waals surface area contributed by atoms with E-state index in [1.54, 1.807) is 0 Å². The fourth-order valence-electron chi connectivity index (χ4n) is 2.92. The highest BCUT2D eigenvalue weighted by atomic mass is 19.1. The van der Waals surface area contributed by atoms with Crippen molar-refractivity contribution in [2.75, 3.05) is 5.43 Å². The zero-order chi connectivity index (χ0) is 14.0. The third-order valence-corrected chi connectivity index (χ3v) is 3.43. The van der Waals surface area contributed by atoms with Gasteiger partial charge in [0.15, 0.2) is 5.82 Å². The molecule has 0 spiro atoms. The van der Waals surface area contributed by atoms with Crippen LogP contribution in [0.4, 0.5) is 14.5 Å². The van der Waals surface area contributed by atoms with Crippen LogP contribution >= 0.6 is 0 Å². The zero-order valence-electron chi connectivity index (χ0n) is 11.6. The molecule has 1 saturated carbocycles.